The van der Waals surface area contributed by atoms with E-state index < -0.39 is 0 Å². The van der Waals surface area contributed by atoms with Crippen molar-refractivity contribution in [3.63, 3.8) is 0 Å². The molecule has 4 heteroatoms. The van der Waals surface area contributed by atoms with E-state index >= 15 is 0 Å². The second-order valence-corrected chi connectivity index (χ2v) is 3.45. The average molecular weight is 246 g/mol. The molecule has 1 amide bonds. The fraction of sp³-hybridized carbons (Fsp3) is 0.444. The molecule has 1 heterocycles. The lowest BCUT2D eigenvalue weighted by Gasteiger charge is -2.10. The standard InChI is InChI=1S/C9H12BrNO2/c1-7(11-9(12)6-10)5-8-3-2-4-13-8/h2-4,7H,5-6H2,1H3,(H,11,12). The van der Waals surface area contributed by atoms with Crippen molar-refractivity contribution in [2.24, 2.45) is 0 Å². The van der Waals surface area contributed by atoms with Gasteiger partial charge in [-0.05, 0) is 19.1 Å². The fourth-order valence-corrected chi connectivity index (χ4v) is 1.26. The van der Waals surface area contributed by atoms with Gasteiger partial charge in [-0.3, -0.25) is 4.79 Å². The summed E-state index contributed by atoms with van der Waals surface area (Å²) in [6, 6.07) is 3.85. The summed E-state index contributed by atoms with van der Waals surface area (Å²) in [5, 5.41) is 3.16. The molecular weight excluding hydrogens is 234 g/mol. The van der Waals surface area contributed by atoms with Gasteiger partial charge in [0, 0.05) is 12.5 Å². The highest BCUT2D eigenvalue weighted by Crippen LogP contribution is 2.03. The van der Waals surface area contributed by atoms with E-state index in [1.807, 2.05) is 19.1 Å². The van der Waals surface area contributed by atoms with Crippen LogP contribution in [0.15, 0.2) is 22.8 Å². The molecule has 0 aromatic carbocycles. The molecule has 1 atom stereocenters. The van der Waals surface area contributed by atoms with Crippen molar-refractivity contribution in [1.29, 1.82) is 0 Å². The van der Waals surface area contributed by atoms with Crippen LogP contribution in [0.2, 0.25) is 0 Å². The van der Waals surface area contributed by atoms with E-state index in [9.17, 15) is 4.79 Å². The Morgan fingerprint density at radius 1 is 1.77 bits per heavy atom. The molecule has 1 aromatic heterocycles. The van der Waals surface area contributed by atoms with Gasteiger partial charge in [0.05, 0.1) is 11.6 Å². The first-order valence-electron chi connectivity index (χ1n) is 4.10. The molecule has 0 aliphatic carbocycles. The van der Waals surface area contributed by atoms with Crippen molar-refractivity contribution < 1.29 is 9.21 Å². The predicted octanol–water partition coefficient (Wildman–Crippen LogP) is 1.72. The summed E-state index contributed by atoms with van der Waals surface area (Å²) < 4.78 is 5.16. The molecule has 0 radical (unpaired) electrons. The third-order valence-corrected chi connectivity index (χ3v) is 2.13. The molecule has 1 rings (SSSR count). The van der Waals surface area contributed by atoms with Gasteiger partial charge in [-0.1, -0.05) is 15.9 Å². The van der Waals surface area contributed by atoms with Crippen LogP contribution in [0, 0.1) is 0 Å². The molecule has 0 bridgehead atoms. The minimum absolute atomic E-state index is 0.000874. The first-order valence-corrected chi connectivity index (χ1v) is 5.22. The van der Waals surface area contributed by atoms with Crippen molar-refractivity contribution in [2.75, 3.05) is 5.33 Å². The van der Waals surface area contributed by atoms with Gasteiger partial charge in [-0.2, -0.15) is 0 Å². The second kappa shape index (κ2) is 5.07. The van der Waals surface area contributed by atoms with Gasteiger partial charge in [0.2, 0.25) is 5.91 Å². The lowest BCUT2D eigenvalue weighted by atomic mass is 10.2. The molecule has 0 fully saturated rings. The molecule has 1 unspecified atom stereocenters. The highest BCUT2D eigenvalue weighted by molar-refractivity contribution is 9.09. The molecule has 0 spiro atoms. The number of amides is 1. The Bertz CT molecular complexity index is 259. The van der Waals surface area contributed by atoms with Gasteiger partial charge in [0.15, 0.2) is 0 Å². The van der Waals surface area contributed by atoms with Gasteiger partial charge < -0.3 is 9.73 Å². The molecule has 0 saturated heterocycles. The van der Waals surface area contributed by atoms with Crippen LogP contribution in [0.5, 0.6) is 0 Å². The molecule has 0 saturated carbocycles. The first kappa shape index (κ1) is 10.3. The maximum absolute atomic E-state index is 11.0. The Labute approximate surface area is 85.6 Å². The number of hydrogen-bond donors (Lipinski definition) is 1. The maximum atomic E-state index is 11.0. The molecule has 0 aliphatic rings. The largest absolute Gasteiger partial charge is 0.469 e. The highest BCUT2D eigenvalue weighted by Gasteiger charge is 2.07. The number of rotatable bonds is 4. The number of furan rings is 1. The van der Waals surface area contributed by atoms with Crippen molar-refractivity contribution >= 4 is 21.8 Å². The number of carbonyl (C=O) groups excluding carboxylic acids is 1. The minimum atomic E-state index is -0.000874. The molecule has 1 aromatic rings. The van der Waals surface area contributed by atoms with Crippen LogP contribution in [-0.4, -0.2) is 17.3 Å². The summed E-state index contributed by atoms with van der Waals surface area (Å²) in [6.07, 6.45) is 2.36. The van der Waals surface area contributed by atoms with Crippen LogP contribution in [0.1, 0.15) is 12.7 Å². The zero-order chi connectivity index (χ0) is 9.68. The van der Waals surface area contributed by atoms with Gasteiger partial charge in [0.1, 0.15) is 5.76 Å². The van der Waals surface area contributed by atoms with Crippen molar-refractivity contribution in [3.05, 3.63) is 24.2 Å². The van der Waals surface area contributed by atoms with E-state index in [0.717, 1.165) is 12.2 Å². The summed E-state index contributed by atoms with van der Waals surface area (Å²) in [4.78, 5) is 11.0. The van der Waals surface area contributed by atoms with Crippen LogP contribution in [-0.2, 0) is 11.2 Å². The first-order chi connectivity index (χ1) is 6.22. The normalized spacial score (nSPS) is 12.5. The second-order valence-electron chi connectivity index (χ2n) is 2.89. The van der Waals surface area contributed by atoms with E-state index in [1.54, 1.807) is 6.26 Å². The van der Waals surface area contributed by atoms with Crippen molar-refractivity contribution in [2.45, 2.75) is 19.4 Å². The summed E-state index contributed by atoms with van der Waals surface area (Å²) in [6.45, 7) is 1.95. The SMILES string of the molecule is CC(Cc1ccco1)NC(=O)CBr. The monoisotopic (exact) mass is 245 g/mol. The quantitative estimate of drug-likeness (QED) is 0.822. The Kier molecular flexibility index (Phi) is 4.02. The number of alkyl halides is 1. The van der Waals surface area contributed by atoms with E-state index in [0.29, 0.717) is 5.33 Å². The minimum Gasteiger partial charge on any atom is -0.469 e. The molecule has 3 nitrogen and oxygen atoms in total. The van der Waals surface area contributed by atoms with Crippen LogP contribution in [0.3, 0.4) is 0 Å². The Hall–Kier alpha value is -0.770. The molecule has 0 aliphatic heterocycles. The van der Waals surface area contributed by atoms with Crippen LogP contribution < -0.4 is 5.32 Å². The Balaban J connectivity index is 2.33. The smallest absolute Gasteiger partial charge is 0.230 e. The lowest BCUT2D eigenvalue weighted by Crippen LogP contribution is -2.34. The van der Waals surface area contributed by atoms with Gasteiger partial charge in [0.25, 0.3) is 0 Å². The van der Waals surface area contributed by atoms with Gasteiger partial charge in [-0.25, -0.2) is 0 Å². The lowest BCUT2D eigenvalue weighted by molar-refractivity contribution is -0.119. The van der Waals surface area contributed by atoms with E-state index in [1.165, 1.54) is 0 Å². The summed E-state index contributed by atoms with van der Waals surface area (Å²) >= 11 is 3.09. The number of nitrogens with one attached hydrogen (secondary N) is 1. The zero-order valence-corrected chi connectivity index (χ0v) is 9.00. The van der Waals surface area contributed by atoms with Crippen LogP contribution >= 0.6 is 15.9 Å². The third-order valence-electron chi connectivity index (χ3n) is 1.62. The predicted molar refractivity (Wildman–Crippen MR) is 53.8 cm³/mol. The molecule has 72 valence electrons. The summed E-state index contributed by atoms with van der Waals surface area (Å²) in [5.41, 5.74) is 0. The average Bonchev–Trinajstić information content (AvgIpc) is 2.56. The third kappa shape index (κ3) is 3.63. The Morgan fingerprint density at radius 3 is 3.08 bits per heavy atom. The molecular formula is C9H12BrNO2. The Morgan fingerprint density at radius 2 is 2.54 bits per heavy atom. The number of hydrogen-bond acceptors (Lipinski definition) is 2. The van der Waals surface area contributed by atoms with E-state index in [4.69, 9.17) is 4.42 Å². The summed E-state index contributed by atoms with van der Waals surface area (Å²) in [7, 11) is 0. The van der Waals surface area contributed by atoms with Crippen LogP contribution in [0.25, 0.3) is 0 Å². The van der Waals surface area contributed by atoms with Crippen LogP contribution in [0.4, 0.5) is 0 Å². The van der Waals surface area contributed by atoms with Gasteiger partial charge in [-0.15, -0.1) is 0 Å². The van der Waals surface area contributed by atoms with Crippen molar-refractivity contribution in [1.82, 2.24) is 5.32 Å². The number of halogens is 1. The topological polar surface area (TPSA) is 42.2 Å². The molecule has 13 heavy (non-hydrogen) atoms. The van der Waals surface area contributed by atoms with E-state index in [2.05, 4.69) is 21.2 Å². The number of carbonyl (C=O) groups is 1. The summed E-state index contributed by atoms with van der Waals surface area (Å²) in [5.74, 6) is 0.890. The fourth-order valence-electron chi connectivity index (χ4n) is 1.09. The van der Waals surface area contributed by atoms with Crippen molar-refractivity contribution in [3.8, 4) is 0 Å². The van der Waals surface area contributed by atoms with E-state index in [-0.39, 0.29) is 11.9 Å². The highest BCUT2D eigenvalue weighted by atomic mass is 79.9. The molecule has 1 N–H and O–H groups in total. The van der Waals surface area contributed by atoms with Gasteiger partial charge >= 0.3 is 0 Å². The maximum Gasteiger partial charge on any atom is 0.230 e. The zero-order valence-electron chi connectivity index (χ0n) is 7.42.